The van der Waals surface area contributed by atoms with Crippen LogP contribution >= 0.6 is 57.4 Å². The van der Waals surface area contributed by atoms with E-state index in [0.717, 1.165) is 9.13 Å². The van der Waals surface area contributed by atoms with Gasteiger partial charge >= 0.3 is 0 Å². The molecule has 0 bridgehead atoms. The second-order valence-electron chi connectivity index (χ2n) is 5.38. The smallest absolute Gasteiger partial charge is 0.256 e. The minimum absolute atomic E-state index is 0.00626. The molecule has 2 aromatic carbocycles. The lowest BCUT2D eigenvalue weighted by molar-refractivity contribution is 0.102. The lowest BCUT2D eigenvalue weighted by Gasteiger charge is -2.14. The quantitative estimate of drug-likeness (QED) is 0.363. The molecule has 3 aromatic rings. The molecule has 128 valence electrons. The predicted molar refractivity (Wildman–Crippen MR) is 111 cm³/mol. The highest BCUT2D eigenvalue weighted by Gasteiger charge is 2.28. The highest BCUT2D eigenvalue weighted by Crippen LogP contribution is 2.37. The van der Waals surface area contributed by atoms with Gasteiger partial charge in [-0.05, 0) is 65.9 Å². The summed E-state index contributed by atoms with van der Waals surface area (Å²) < 4.78 is -0.753. The van der Waals surface area contributed by atoms with Crippen molar-refractivity contribution in [1.29, 1.82) is 0 Å². The van der Waals surface area contributed by atoms with E-state index < -0.39 is 3.79 Å². The number of alkyl halides is 3. The maximum absolute atomic E-state index is 12.5. The van der Waals surface area contributed by atoms with Gasteiger partial charge in [0.15, 0.2) is 5.82 Å². The van der Waals surface area contributed by atoms with Crippen LogP contribution in [0.25, 0.3) is 10.9 Å². The number of hydrogen-bond donors (Lipinski definition) is 1. The van der Waals surface area contributed by atoms with Gasteiger partial charge in [0.1, 0.15) is 5.82 Å². The van der Waals surface area contributed by atoms with Crippen molar-refractivity contribution in [2.45, 2.75) is 10.7 Å². The summed E-state index contributed by atoms with van der Waals surface area (Å²) in [5, 5.41) is 3.47. The molecule has 1 N–H and O–H groups in total. The standard InChI is InChI=1S/C17H11Cl3IN3O/c1-9-2-7-13-12(8-9)14(24-16(22-13)17(18,19)20)23-15(25)10-3-5-11(21)6-4-10/h2-8H,1H3,(H,22,23,24,25). The minimum Gasteiger partial charge on any atom is -0.306 e. The van der Waals surface area contributed by atoms with Crippen LogP contribution in [0, 0.1) is 10.5 Å². The first-order valence-corrected chi connectivity index (χ1v) is 9.38. The molecule has 0 aliphatic rings. The van der Waals surface area contributed by atoms with Crippen molar-refractivity contribution in [3.05, 3.63) is 63.0 Å². The van der Waals surface area contributed by atoms with Gasteiger partial charge in [0.2, 0.25) is 3.79 Å². The van der Waals surface area contributed by atoms with Gasteiger partial charge in [-0.1, -0.05) is 46.4 Å². The molecular formula is C17H11Cl3IN3O. The molecule has 0 radical (unpaired) electrons. The molecule has 1 heterocycles. The number of halogens is 4. The van der Waals surface area contributed by atoms with E-state index in [0.29, 0.717) is 22.3 Å². The number of nitrogens with one attached hydrogen (secondary N) is 1. The molecule has 0 aliphatic carbocycles. The van der Waals surface area contributed by atoms with Crippen molar-refractivity contribution < 1.29 is 4.79 Å². The summed E-state index contributed by atoms with van der Waals surface area (Å²) in [6.45, 7) is 1.94. The fourth-order valence-corrected chi connectivity index (χ4v) is 2.86. The molecule has 0 atom stereocenters. The van der Waals surface area contributed by atoms with Crippen molar-refractivity contribution in [3.63, 3.8) is 0 Å². The largest absolute Gasteiger partial charge is 0.306 e. The van der Waals surface area contributed by atoms with Crippen LogP contribution in [0.4, 0.5) is 5.82 Å². The zero-order chi connectivity index (χ0) is 18.2. The van der Waals surface area contributed by atoms with Crippen LogP contribution in [0.3, 0.4) is 0 Å². The SMILES string of the molecule is Cc1ccc2nc(C(Cl)(Cl)Cl)nc(NC(=O)c3ccc(I)cc3)c2c1. The molecule has 0 aliphatic heterocycles. The van der Waals surface area contributed by atoms with Gasteiger partial charge in [-0.15, -0.1) is 0 Å². The zero-order valence-corrected chi connectivity index (χ0v) is 17.3. The summed E-state index contributed by atoms with van der Waals surface area (Å²) in [6, 6.07) is 12.7. The first-order valence-electron chi connectivity index (χ1n) is 7.16. The summed E-state index contributed by atoms with van der Waals surface area (Å²) in [4.78, 5) is 21.1. The fraction of sp³-hybridized carbons (Fsp3) is 0.118. The number of fused-ring (bicyclic) bond motifs is 1. The van der Waals surface area contributed by atoms with E-state index >= 15 is 0 Å². The Labute approximate surface area is 173 Å². The molecule has 1 amide bonds. The molecule has 3 rings (SSSR count). The molecule has 4 nitrogen and oxygen atoms in total. The van der Waals surface area contributed by atoms with Crippen molar-refractivity contribution in [3.8, 4) is 0 Å². The third kappa shape index (κ3) is 4.34. The Bertz CT molecular complexity index is 956. The number of amides is 1. The van der Waals surface area contributed by atoms with Crippen LogP contribution in [0.1, 0.15) is 21.7 Å². The Hall–Kier alpha value is -1.15. The van der Waals surface area contributed by atoms with Crippen molar-refractivity contribution in [2.24, 2.45) is 0 Å². The summed E-state index contributed by atoms with van der Waals surface area (Å²) >= 11 is 20.0. The van der Waals surface area contributed by atoms with Crippen LogP contribution in [0.2, 0.25) is 0 Å². The highest BCUT2D eigenvalue weighted by molar-refractivity contribution is 14.1. The molecule has 0 fully saturated rings. The molecule has 25 heavy (non-hydrogen) atoms. The maximum atomic E-state index is 12.5. The maximum Gasteiger partial charge on any atom is 0.256 e. The second-order valence-corrected chi connectivity index (χ2v) is 8.90. The summed E-state index contributed by atoms with van der Waals surface area (Å²) in [6.07, 6.45) is 0. The number of aromatic nitrogens is 2. The van der Waals surface area contributed by atoms with E-state index in [2.05, 4.69) is 37.9 Å². The Kier molecular flexibility index (Phi) is 5.39. The predicted octanol–water partition coefficient (Wildman–Crippen LogP) is 5.62. The number of benzene rings is 2. The monoisotopic (exact) mass is 505 g/mol. The van der Waals surface area contributed by atoms with Crippen molar-refractivity contribution >= 4 is 80.0 Å². The van der Waals surface area contributed by atoms with Crippen molar-refractivity contribution in [1.82, 2.24) is 9.97 Å². The normalized spacial score (nSPS) is 11.6. The molecule has 8 heteroatoms. The molecule has 0 unspecified atom stereocenters. The van der Waals surface area contributed by atoms with Gasteiger partial charge in [0.25, 0.3) is 5.91 Å². The molecule has 1 aromatic heterocycles. The number of aryl methyl sites for hydroxylation is 1. The third-order valence-corrected chi connectivity index (χ3v) is 4.67. The van der Waals surface area contributed by atoms with E-state index in [4.69, 9.17) is 34.8 Å². The Balaban J connectivity index is 2.08. The first-order chi connectivity index (χ1) is 11.7. The number of hydrogen-bond acceptors (Lipinski definition) is 3. The summed E-state index contributed by atoms with van der Waals surface area (Å²) in [7, 11) is 0. The molecular weight excluding hydrogens is 495 g/mol. The molecule has 0 spiro atoms. The lowest BCUT2D eigenvalue weighted by Crippen LogP contribution is -2.16. The molecule has 0 saturated heterocycles. The van der Waals surface area contributed by atoms with Gasteiger partial charge in [-0.3, -0.25) is 4.79 Å². The zero-order valence-electron chi connectivity index (χ0n) is 12.9. The molecule has 0 saturated carbocycles. The van der Waals surface area contributed by atoms with Gasteiger partial charge in [0.05, 0.1) is 5.52 Å². The van der Waals surface area contributed by atoms with E-state index in [1.807, 2.05) is 31.2 Å². The van der Waals surface area contributed by atoms with Gasteiger partial charge < -0.3 is 5.32 Å². The van der Waals surface area contributed by atoms with E-state index in [1.54, 1.807) is 18.2 Å². The minimum atomic E-state index is -1.79. The Morgan fingerprint density at radius 2 is 1.76 bits per heavy atom. The first kappa shape index (κ1) is 18.6. The van der Waals surface area contributed by atoms with E-state index in [-0.39, 0.29) is 11.7 Å². The van der Waals surface area contributed by atoms with Crippen LogP contribution in [-0.2, 0) is 3.79 Å². The second kappa shape index (κ2) is 7.23. The summed E-state index contributed by atoms with van der Waals surface area (Å²) in [5.74, 6) is 0.0125. The number of anilines is 1. The van der Waals surface area contributed by atoms with E-state index in [9.17, 15) is 4.79 Å². The average molecular weight is 507 g/mol. The Morgan fingerprint density at radius 1 is 1.08 bits per heavy atom. The van der Waals surface area contributed by atoms with Gasteiger partial charge in [-0.25, -0.2) is 9.97 Å². The van der Waals surface area contributed by atoms with Crippen LogP contribution in [-0.4, -0.2) is 15.9 Å². The average Bonchev–Trinajstić information content (AvgIpc) is 2.54. The summed E-state index contributed by atoms with van der Waals surface area (Å²) in [5.41, 5.74) is 2.09. The van der Waals surface area contributed by atoms with Gasteiger partial charge in [0, 0.05) is 14.5 Å². The fourth-order valence-electron chi connectivity index (χ4n) is 2.25. The van der Waals surface area contributed by atoms with Gasteiger partial charge in [-0.2, -0.15) is 0 Å². The van der Waals surface area contributed by atoms with E-state index in [1.165, 1.54) is 0 Å². The van der Waals surface area contributed by atoms with Crippen molar-refractivity contribution in [2.75, 3.05) is 5.32 Å². The number of carbonyl (C=O) groups excluding carboxylic acids is 1. The van der Waals surface area contributed by atoms with Crippen LogP contribution in [0.15, 0.2) is 42.5 Å². The topological polar surface area (TPSA) is 54.9 Å². The number of rotatable bonds is 2. The van der Waals surface area contributed by atoms with Crippen LogP contribution in [0.5, 0.6) is 0 Å². The lowest BCUT2D eigenvalue weighted by atomic mass is 10.1. The number of nitrogens with zero attached hydrogens (tertiary/aromatic N) is 2. The Morgan fingerprint density at radius 3 is 2.40 bits per heavy atom. The van der Waals surface area contributed by atoms with Crippen LogP contribution < -0.4 is 5.32 Å². The number of carbonyl (C=O) groups is 1. The highest BCUT2D eigenvalue weighted by atomic mass is 127. The third-order valence-electron chi connectivity index (χ3n) is 3.44.